The summed E-state index contributed by atoms with van der Waals surface area (Å²) in [4.78, 5) is 17.0. The molecule has 2 aliphatic heterocycles. The summed E-state index contributed by atoms with van der Waals surface area (Å²) in [5, 5.41) is 15.9. The highest BCUT2D eigenvalue weighted by Gasteiger charge is 2.34. The SMILES string of the molecule is CCCCN(CCO)Cc1ccc(C2Nc3cccc4c3N2CCNC4=O)cc1. The Hall–Kier alpha value is -2.57. The first kappa shape index (κ1) is 19.7. The van der Waals surface area contributed by atoms with Gasteiger partial charge in [0.15, 0.2) is 0 Å². The highest BCUT2D eigenvalue weighted by molar-refractivity contribution is 6.04. The van der Waals surface area contributed by atoms with E-state index in [-0.39, 0.29) is 18.7 Å². The Morgan fingerprint density at radius 2 is 2.00 bits per heavy atom. The minimum Gasteiger partial charge on any atom is -0.395 e. The Morgan fingerprint density at radius 1 is 1.17 bits per heavy atom. The molecule has 0 fully saturated rings. The summed E-state index contributed by atoms with van der Waals surface area (Å²) in [6.45, 7) is 6.36. The summed E-state index contributed by atoms with van der Waals surface area (Å²) in [6, 6.07) is 14.6. The number of carbonyl (C=O) groups excluding carboxylic acids is 1. The number of para-hydroxylation sites is 1. The Kier molecular flexibility index (Phi) is 6.02. The van der Waals surface area contributed by atoms with Crippen molar-refractivity contribution in [2.24, 2.45) is 0 Å². The molecule has 0 saturated heterocycles. The van der Waals surface area contributed by atoms with Gasteiger partial charge in [-0.1, -0.05) is 43.7 Å². The molecule has 3 N–H and O–H groups in total. The van der Waals surface area contributed by atoms with Gasteiger partial charge in [0, 0.05) is 26.2 Å². The van der Waals surface area contributed by atoms with Crippen molar-refractivity contribution in [3.8, 4) is 0 Å². The van der Waals surface area contributed by atoms with Crippen molar-refractivity contribution >= 4 is 17.3 Å². The lowest BCUT2D eigenvalue weighted by molar-refractivity contribution is 0.0958. The Labute approximate surface area is 172 Å². The molecule has 6 heteroatoms. The molecule has 0 aromatic heterocycles. The van der Waals surface area contributed by atoms with Crippen LogP contribution in [0.15, 0.2) is 42.5 Å². The summed E-state index contributed by atoms with van der Waals surface area (Å²) < 4.78 is 0. The van der Waals surface area contributed by atoms with Gasteiger partial charge in [-0.05, 0) is 36.2 Å². The molecule has 2 aliphatic rings. The fraction of sp³-hybridized carbons (Fsp3) is 0.435. The maximum absolute atomic E-state index is 12.4. The van der Waals surface area contributed by atoms with Gasteiger partial charge in [0.1, 0.15) is 6.17 Å². The topological polar surface area (TPSA) is 67.8 Å². The largest absolute Gasteiger partial charge is 0.395 e. The minimum atomic E-state index is -0.00166. The van der Waals surface area contributed by atoms with Crippen molar-refractivity contribution in [2.75, 3.05) is 43.0 Å². The fourth-order valence-electron chi connectivity index (χ4n) is 4.25. The van der Waals surface area contributed by atoms with Gasteiger partial charge in [-0.2, -0.15) is 0 Å². The summed E-state index contributed by atoms with van der Waals surface area (Å²) >= 11 is 0. The van der Waals surface area contributed by atoms with Crippen LogP contribution >= 0.6 is 0 Å². The molecule has 0 radical (unpaired) electrons. The third-order valence-corrected chi connectivity index (χ3v) is 5.76. The van der Waals surface area contributed by atoms with Gasteiger partial charge in [-0.25, -0.2) is 0 Å². The van der Waals surface area contributed by atoms with Gasteiger partial charge in [0.25, 0.3) is 5.91 Å². The van der Waals surface area contributed by atoms with Gasteiger partial charge in [0.2, 0.25) is 0 Å². The molecule has 0 saturated carbocycles. The maximum atomic E-state index is 12.4. The number of nitrogens with zero attached hydrogens (tertiary/aromatic N) is 2. The number of aliphatic hydroxyl groups excluding tert-OH is 1. The van der Waals surface area contributed by atoms with E-state index in [0.29, 0.717) is 13.1 Å². The number of hydrogen-bond donors (Lipinski definition) is 3. The summed E-state index contributed by atoms with van der Waals surface area (Å²) in [7, 11) is 0. The van der Waals surface area contributed by atoms with E-state index in [9.17, 15) is 9.90 Å². The van der Waals surface area contributed by atoms with Crippen LogP contribution in [0.3, 0.4) is 0 Å². The standard InChI is InChI=1S/C23H30N4O2/c1-2-3-12-26(14-15-28)16-17-7-9-18(10-8-17)22-25-20-6-4-5-19-21(20)27(22)13-11-24-23(19)29/h4-10,22,25,28H,2-3,11-16H2,1H3,(H,24,29). The van der Waals surface area contributed by atoms with E-state index in [0.717, 1.165) is 49.4 Å². The van der Waals surface area contributed by atoms with Gasteiger partial charge in [-0.15, -0.1) is 0 Å². The molecule has 0 spiro atoms. The normalized spacial score (nSPS) is 17.7. The van der Waals surface area contributed by atoms with Crippen LogP contribution in [0.4, 0.5) is 11.4 Å². The van der Waals surface area contributed by atoms with Crippen LogP contribution in [0.5, 0.6) is 0 Å². The second-order valence-electron chi connectivity index (χ2n) is 7.79. The molecule has 1 atom stereocenters. The van der Waals surface area contributed by atoms with Gasteiger partial charge in [-0.3, -0.25) is 9.69 Å². The first-order valence-electron chi connectivity index (χ1n) is 10.6. The number of hydrogen-bond acceptors (Lipinski definition) is 5. The number of rotatable bonds is 8. The van der Waals surface area contributed by atoms with E-state index < -0.39 is 0 Å². The van der Waals surface area contributed by atoms with E-state index in [2.05, 4.69) is 51.6 Å². The Bertz CT molecular complexity index is 852. The lowest BCUT2D eigenvalue weighted by Gasteiger charge is -2.27. The highest BCUT2D eigenvalue weighted by atomic mass is 16.3. The smallest absolute Gasteiger partial charge is 0.253 e. The summed E-state index contributed by atoms with van der Waals surface area (Å²) in [5.74, 6) is -0.00166. The van der Waals surface area contributed by atoms with Crippen molar-refractivity contribution in [2.45, 2.75) is 32.5 Å². The predicted octanol–water partition coefficient (Wildman–Crippen LogP) is 2.96. The van der Waals surface area contributed by atoms with Crippen LogP contribution in [0, 0.1) is 0 Å². The van der Waals surface area contributed by atoms with E-state index >= 15 is 0 Å². The average molecular weight is 395 g/mol. The number of anilines is 2. The molecule has 0 bridgehead atoms. The fourth-order valence-corrected chi connectivity index (χ4v) is 4.25. The van der Waals surface area contributed by atoms with E-state index in [1.807, 2.05) is 18.2 Å². The quantitative estimate of drug-likeness (QED) is 0.642. The van der Waals surface area contributed by atoms with Crippen LogP contribution in [-0.4, -0.2) is 48.7 Å². The predicted molar refractivity (Wildman–Crippen MR) is 116 cm³/mol. The van der Waals surface area contributed by atoms with Crippen LogP contribution in [0.25, 0.3) is 0 Å². The Morgan fingerprint density at radius 3 is 2.76 bits per heavy atom. The second-order valence-corrected chi connectivity index (χ2v) is 7.79. The molecular weight excluding hydrogens is 364 g/mol. The van der Waals surface area contributed by atoms with E-state index in [4.69, 9.17) is 0 Å². The van der Waals surface area contributed by atoms with E-state index in [1.54, 1.807) is 0 Å². The number of aliphatic hydroxyl groups is 1. The molecule has 1 amide bonds. The zero-order valence-corrected chi connectivity index (χ0v) is 17.0. The maximum Gasteiger partial charge on any atom is 0.253 e. The molecule has 6 nitrogen and oxygen atoms in total. The molecule has 2 aromatic carbocycles. The van der Waals surface area contributed by atoms with Crippen molar-refractivity contribution in [3.05, 3.63) is 59.2 Å². The van der Waals surface area contributed by atoms with Crippen molar-refractivity contribution in [1.29, 1.82) is 0 Å². The third-order valence-electron chi connectivity index (χ3n) is 5.76. The van der Waals surface area contributed by atoms with Gasteiger partial charge in [0.05, 0.1) is 23.5 Å². The molecule has 29 heavy (non-hydrogen) atoms. The molecule has 2 aromatic rings. The van der Waals surface area contributed by atoms with Crippen molar-refractivity contribution in [3.63, 3.8) is 0 Å². The number of nitrogens with one attached hydrogen (secondary N) is 2. The van der Waals surface area contributed by atoms with E-state index in [1.165, 1.54) is 11.1 Å². The van der Waals surface area contributed by atoms with Crippen LogP contribution < -0.4 is 15.5 Å². The molecule has 1 unspecified atom stereocenters. The lowest BCUT2D eigenvalue weighted by atomic mass is 10.1. The second kappa shape index (κ2) is 8.84. The number of unbranched alkanes of at least 4 members (excludes halogenated alkanes) is 1. The number of amides is 1. The van der Waals surface area contributed by atoms with Gasteiger partial charge < -0.3 is 20.6 Å². The Balaban J connectivity index is 1.52. The van der Waals surface area contributed by atoms with Crippen molar-refractivity contribution in [1.82, 2.24) is 10.2 Å². The first-order valence-corrected chi connectivity index (χ1v) is 10.6. The average Bonchev–Trinajstić information content (AvgIpc) is 3.02. The summed E-state index contributed by atoms with van der Waals surface area (Å²) in [6.07, 6.45) is 2.33. The lowest BCUT2D eigenvalue weighted by Crippen LogP contribution is -2.33. The third kappa shape index (κ3) is 4.09. The zero-order chi connectivity index (χ0) is 20.2. The molecule has 154 valence electrons. The number of carbonyl (C=O) groups is 1. The van der Waals surface area contributed by atoms with Crippen molar-refractivity contribution < 1.29 is 9.90 Å². The van der Waals surface area contributed by atoms with Crippen LogP contribution in [-0.2, 0) is 6.54 Å². The van der Waals surface area contributed by atoms with Crippen LogP contribution in [0.2, 0.25) is 0 Å². The molecule has 0 aliphatic carbocycles. The first-order chi connectivity index (χ1) is 14.2. The van der Waals surface area contributed by atoms with Crippen LogP contribution in [0.1, 0.15) is 47.4 Å². The molecular formula is C23H30N4O2. The minimum absolute atomic E-state index is 0.00166. The highest BCUT2D eigenvalue weighted by Crippen LogP contribution is 2.43. The molecule has 2 heterocycles. The monoisotopic (exact) mass is 394 g/mol. The molecule has 4 rings (SSSR count). The van der Waals surface area contributed by atoms with Gasteiger partial charge >= 0.3 is 0 Å². The summed E-state index contributed by atoms with van der Waals surface area (Å²) in [5.41, 5.74) is 5.20. The zero-order valence-electron chi connectivity index (χ0n) is 17.0. The number of benzene rings is 2.